The zero-order valence-corrected chi connectivity index (χ0v) is 12.1. The molecule has 0 saturated heterocycles. The highest BCUT2D eigenvalue weighted by Crippen LogP contribution is 2.43. The molecule has 3 rings (SSSR count). The predicted molar refractivity (Wildman–Crippen MR) is 83.3 cm³/mol. The fourth-order valence-corrected chi connectivity index (χ4v) is 3.45. The summed E-state index contributed by atoms with van der Waals surface area (Å²) in [7, 11) is 0. The SMILES string of the molecule is CCC1=N[C@@H](C)CC1(c1ccccc1)c1cccnc1. The molecular weight excluding hydrogens is 244 g/mol. The van der Waals surface area contributed by atoms with Gasteiger partial charge in [-0.25, -0.2) is 0 Å². The molecule has 2 heteroatoms. The molecular formula is C18H20N2. The summed E-state index contributed by atoms with van der Waals surface area (Å²) in [6, 6.07) is 15.3. The molecule has 2 nitrogen and oxygen atoms in total. The van der Waals surface area contributed by atoms with Gasteiger partial charge in [0.1, 0.15) is 0 Å². The van der Waals surface area contributed by atoms with Gasteiger partial charge >= 0.3 is 0 Å². The second-order valence-electron chi connectivity index (χ2n) is 5.50. The topological polar surface area (TPSA) is 25.2 Å². The normalized spacial score (nSPS) is 25.5. The third-order valence-corrected chi connectivity index (χ3v) is 4.23. The van der Waals surface area contributed by atoms with E-state index < -0.39 is 0 Å². The molecule has 2 aromatic rings. The van der Waals surface area contributed by atoms with Gasteiger partial charge in [0, 0.05) is 24.1 Å². The van der Waals surface area contributed by atoms with Crippen molar-refractivity contribution < 1.29 is 0 Å². The van der Waals surface area contributed by atoms with Crippen molar-refractivity contribution in [3.05, 3.63) is 66.0 Å². The molecule has 2 heterocycles. The molecule has 0 aliphatic carbocycles. The van der Waals surface area contributed by atoms with E-state index in [4.69, 9.17) is 4.99 Å². The Hall–Kier alpha value is -1.96. The van der Waals surface area contributed by atoms with Crippen molar-refractivity contribution in [1.82, 2.24) is 4.98 Å². The van der Waals surface area contributed by atoms with E-state index in [0.29, 0.717) is 6.04 Å². The molecule has 1 aliphatic heterocycles. The first-order valence-corrected chi connectivity index (χ1v) is 7.30. The molecule has 2 atom stereocenters. The molecule has 20 heavy (non-hydrogen) atoms. The summed E-state index contributed by atoms with van der Waals surface area (Å²) in [5, 5.41) is 0. The van der Waals surface area contributed by atoms with Gasteiger partial charge < -0.3 is 0 Å². The summed E-state index contributed by atoms with van der Waals surface area (Å²) in [4.78, 5) is 9.24. The third-order valence-electron chi connectivity index (χ3n) is 4.23. The van der Waals surface area contributed by atoms with Gasteiger partial charge in [0.2, 0.25) is 0 Å². The summed E-state index contributed by atoms with van der Waals surface area (Å²) in [5.74, 6) is 0. The highest BCUT2D eigenvalue weighted by atomic mass is 14.9. The molecule has 0 radical (unpaired) electrons. The van der Waals surface area contributed by atoms with Gasteiger partial charge in [-0.05, 0) is 37.0 Å². The Bertz CT molecular complexity index is 562. The fraction of sp³-hybridized carbons (Fsp3) is 0.333. The summed E-state index contributed by atoms with van der Waals surface area (Å²) >= 11 is 0. The zero-order chi connectivity index (χ0) is 14.0. The lowest BCUT2D eigenvalue weighted by atomic mass is 9.69. The second kappa shape index (κ2) is 5.20. The maximum atomic E-state index is 4.90. The summed E-state index contributed by atoms with van der Waals surface area (Å²) < 4.78 is 0. The Balaban J connectivity index is 2.22. The van der Waals surface area contributed by atoms with Crippen LogP contribution in [0.1, 0.15) is 37.8 Å². The van der Waals surface area contributed by atoms with E-state index in [1.807, 2.05) is 18.5 Å². The first-order valence-electron chi connectivity index (χ1n) is 7.30. The smallest absolute Gasteiger partial charge is 0.0615 e. The summed E-state index contributed by atoms with van der Waals surface area (Å²) in [6.45, 7) is 4.40. The van der Waals surface area contributed by atoms with E-state index in [1.165, 1.54) is 16.8 Å². The molecule has 1 aliphatic rings. The number of rotatable bonds is 3. The van der Waals surface area contributed by atoms with Crippen molar-refractivity contribution in [3.8, 4) is 0 Å². The van der Waals surface area contributed by atoms with Crippen LogP contribution in [-0.4, -0.2) is 16.7 Å². The minimum absolute atomic E-state index is 0.0936. The van der Waals surface area contributed by atoms with Crippen LogP contribution in [0, 0.1) is 0 Å². The van der Waals surface area contributed by atoms with Crippen LogP contribution < -0.4 is 0 Å². The van der Waals surface area contributed by atoms with Crippen molar-refractivity contribution in [2.24, 2.45) is 4.99 Å². The Labute approximate surface area is 120 Å². The third kappa shape index (κ3) is 1.96. The van der Waals surface area contributed by atoms with Crippen LogP contribution in [0.15, 0.2) is 59.9 Å². The van der Waals surface area contributed by atoms with Gasteiger partial charge in [-0.1, -0.05) is 43.3 Å². The second-order valence-corrected chi connectivity index (χ2v) is 5.50. The van der Waals surface area contributed by atoms with E-state index in [-0.39, 0.29) is 5.41 Å². The Morgan fingerprint density at radius 2 is 1.85 bits per heavy atom. The standard InChI is InChI=1S/C18H20N2/c1-3-17-18(12-14(2)20-17,15-8-5-4-6-9-15)16-10-7-11-19-13-16/h4-11,13-14H,3,12H2,1-2H3/t14-,18?/m0/s1. The zero-order valence-electron chi connectivity index (χ0n) is 12.1. The van der Waals surface area contributed by atoms with Crippen molar-refractivity contribution >= 4 is 5.71 Å². The van der Waals surface area contributed by atoms with Crippen molar-refractivity contribution in [1.29, 1.82) is 0 Å². The summed E-state index contributed by atoms with van der Waals surface area (Å²) in [6.07, 6.45) is 5.85. The molecule has 0 N–H and O–H groups in total. The van der Waals surface area contributed by atoms with Gasteiger partial charge in [-0.3, -0.25) is 9.98 Å². The Kier molecular flexibility index (Phi) is 3.39. The van der Waals surface area contributed by atoms with Gasteiger partial charge in [-0.2, -0.15) is 0 Å². The van der Waals surface area contributed by atoms with E-state index in [1.54, 1.807) is 0 Å². The van der Waals surface area contributed by atoms with Crippen molar-refractivity contribution in [2.45, 2.75) is 38.1 Å². The molecule has 0 fully saturated rings. The number of hydrogen-bond donors (Lipinski definition) is 0. The molecule has 0 saturated carbocycles. The number of aromatic nitrogens is 1. The number of nitrogens with zero attached hydrogens (tertiary/aromatic N) is 2. The van der Waals surface area contributed by atoms with Gasteiger partial charge in [-0.15, -0.1) is 0 Å². The average molecular weight is 264 g/mol. The number of pyridine rings is 1. The van der Waals surface area contributed by atoms with Crippen LogP contribution in [0.5, 0.6) is 0 Å². The maximum absolute atomic E-state index is 4.90. The molecule has 0 amide bonds. The molecule has 1 unspecified atom stereocenters. The monoisotopic (exact) mass is 264 g/mol. The number of aliphatic imine (C=N–C) groups is 1. The van der Waals surface area contributed by atoms with Crippen LogP contribution in [0.4, 0.5) is 0 Å². The predicted octanol–water partition coefficient (Wildman–Crippen LogP) is 4.01. The minimum atomic E-state index is -0.0936. The first-order chi connectivity index (χ1) is 9.77. The van der Waals surface area contributed by atoms with E-state index in [2.05, 4.69) is 55.2 Å². The van der Waals surface area contributed by atoms with E-state index in [9.17, 15) is 0 Å². The highest BCUT2D eigenvalue weighted by molar-refractivity contribution is 5.99. The average Bonchev–Trinajstić information content (AvgIpc) is 2.87. The van der Waals surface area contributed by atoms with Gasteiger partial charge in [0.25, 0.3) is 0 Å². The number of hydrogen-bond acceptors (Lipinski definition) is 2. The lowest BCUT2D eigenvalue weighted by molar-refractivity contribution is 0.589. The van der Waals surface area contributed by atoms with Gasteiger partial charge in [0.15, 0.2) is 0 Å². The quantitative estimate of drug-likeness (QED) is 0.822. The molecule has 1 aromatic heterocycles. The first kappa shape index (κ1) is 13.0. The number of benzene rings is 1. The Morgan fingerprint density at radius 1 is 1.10 bits per heavy atom. The maximum Gasteiger partial charge on any atom is 0.0615 e. The van der Waals surface area contributed by atoms with Crippen LogP contribution in [0.2, 0.25) is 0 Å². The molecule has 0 bridgehead atoms. The van der Waals surface area contributed by atoms with Gasteiger partial charge in [0.05, 0.1) is 5.41 Å². The molecule has 0 spiro atoms. The molecule has 102 valence electrons. The minimum Gasteiger partial charge on any atom is -0.290 e. The molecule has 1 aromatic carbocycles. The van der Waals surface area contributed by atoms with E-state index in [0.717, 1.165) is 12.8 Å². The fourth-order valence-electron chi connectivity index (χ4n) is 3.45. The summed E-state index contributed by atoms with van der Waals surface area (Å²) in [5.41, 5.74) is 3.78. The lowest BCUT2D eigenvalue weighted by Crippen LogP contribution is -2.34. The highest BCUT2D eigenvalue weighted by Gasteiger charge is 2.43. The Morgan fingerprint density at radius 3 is 2.50 bits per heavy atom. The van der Waals surface area contributed by atoms with Crippen LogP contribution >= 0.6 is 0 Å². The largest absolute Gasteiger partial charge is 0.290 e. The van der Waals surface area contributed by atoms with Crippen LogP contribution in [-0.2, 0) is 5.41 Å². The van der Waals surface area contributed by atoms with Crippen molar-refractivity contribution in [2.75, 3.05) is 0 Å². The van der Waals surface area contributed by atoms with Crippen LogP contribution in [0.3, 0.4) is 0 Å². The van der Waals surface area contributed by atoms with Crippen molar-refractivity contribution in [3.63, 3.8) is 0 Å². The lowest BCUT2D eigenvalue weighted by Gasteiger charge is -2.32. The van der Waals surface area contributed by atoms with E-state index >= 15 is 0 Å². The van der Waals surface area contributed by atoms with Crippen LogP contribution in [0.25, 0.3) is 0 Å².